The minimum Gasteiger partial charge on any atom is -0.454 e. The van der Waals surface area contributed by atoms with Crippen molar-refractivity contribution < 1.29 is 9.47 Å². The molecule has 1 fully saturated rings. The first-order valence-electron chi connectivity index (χ1n) is 7.00. The number of piperazine rings is 1. The monoisotopic (exact) mass is 262 g/mol. The number of anilines is 1. The molecule has 0 bridgehead atoms. The molecule has 2 aliphatic rings. The summed E-state index contributed by atoms with van der Waals surface area (Å²) in [4.78, 5) is 2.48. The van der Waals surface area contributed by atoms with Crippen LogP contribution < -0.4 is 19.7 Å². The molecule has 1 atom stereocenters. The van der Waals surface area contributed by atoms with Crippen LogP contribution in [0.15, 0.2) is 18.2 Å². The molecule has 0 amide bonds. The molecule has 19 heavy (non-hydrogen) atoms. The van der Waals surface area contributed by atoms with Gasteiger partial charge >= 0.3 is 0 Å². The Morgan fingerprint density at radius 1 is 1.32 bits per heavy atom. The second kappa shape index (κ2) is 4.60. The molecule has 104 valence electrons. The van der Waals surface area contributed by atoms with Crippen LogP contribution in [0.2, 0.25) is 0 Å². The van der Waals surface area contributed by atoms with Crippen molar-refractivity contribution in [3.05, 3.63) is 18.2 Å². The highest BCUT2D eigenvalue weighted by molar-refractivity contribution is 5.58. The maximum atomic E-state index is 5.49. The van der Waals surface area contributed by atoms with Gasteiger partial charge in [0.25, 0.3) is 0 Å². The highest BCUT2D eigenvalue weighted by Crippen LogP contribution is 2.37. The van der Waals surface area contributed by atoms with Gasteiger partial charge < -0.3 is 19.7 Å². The summed E-state index contributed by atoms with van der Waals surface area (Å²) >= 11 is 0. The lowest BCUT2D eigenvalue weighted by Crippen LogP contribution is -2.61. The Morgan fingerprint density at radius 2 is 2.11 bits per heavy atom. The van der Waals surface area contributed by atoms with Gasteiger partial charge in [-0.15, -0.1) is 0 Å². The quantitative estimate of drug-likeness (QED) is 0.887. The number of hydrogen-bond acceptors (Lipinski definition) is 4. The number of fused-ring (bicyclic) bond motifs is 1. The van der Waals surface area contributed by atoms with Crippen molar-refractivity contribution in [1.82, 2.24) is 5.32 Å². The first kappa shape index (κ1) is 12.6. The maximum Gasteiger partial charge on any atom is 0.231 e. The minimum atomic E-state index is 0.141. The van der Waals surface area contributed by atoms with Gasteiger partial charge in [-0.1, -0.05) is 6.92 Å². The third-order valence-corrected chi connectivity index (χ3v) is 3.98. The van der Waals surface area contributed by atoms with Crippen LogP contribution in [0.3, 0.4) is 0 Å². The Hall–Kier alpha value is -1.42. The van der Waals surface area contributed by atoms with E-state index >= 15 is 0 Å². The summed E-state index contributed by atoms with van der Waals surface area (Å²) in [5, 5.41) is 3.61. The van der Waals surface area contributed by atoms with E-state index in [2.05, 4.69) is 43.1 Å². The van der Waals surface area contributed by atoms with Gasteiger partial charge in [0.15, 0.2) is 11.5 Å². The summed E-state index contributed by atoms with van der Waals surface area (Å²) < 4.78 is 10.9. The standard InChI is InChI=1S/C15H22N2O2/c1-4-11-8-16-15(2,3)9-17(11)12-5-6-13-14(7-12)19-10-18-13/h5-7,11,16H,4,8-10H2,1-3H3. The van der Waals surface area contributed by atoms with E-state index < -0.39 is 0 Å². The highest BCUT2D eigenvalue weighted by Gasteiger charge is 2.32. The average molecular weight is 262 g/mol. The molecule has 1 aromatic carbocycles. The van der Waals surface area contributed by atoms with Crippen molar-refractivity contribution in [3.63, 3.8) is 0 Å². The number of hydrogen-bond donors (Lipinski definition) is 1. The van der Waals surface area contributed by atoms with Gasteiger partial charge in [0.05, 0.1) is 0 Å². The average Bonchev–Trinajstić information content (AvgIpc) is 2.85. The fourth-order valence-electron chi connectivity index (χ4n) is 2.85. The zero-order valence-electron chi connectivity index (χ0n) is 11.9. The van der Waals surface area contributed by atoms with Crippen molar-refractivity contribution in [2.45, 2.75) is 38.8 Å². The van der Waals surface area contributed by atoms with Gasteiger partial charge in [0.1, 0.15) is 0 Å². The predicted octanol–water partition coefficient (Wildman–Crippen LogP) is 2.38. The largest absolute Gasteiger partial charge is 0.454 e. The van der Waals surface area contributed by atoms with E-state index in [0.717, 1.165) is 31.0 Å². The van der Waals surface area contributed by atoms with Crippen molar-refractivity contribution in [1.29, 1.82) is 0 Å². The number of nitrogens with zero attached hydrogens (tertiary/aromatic N) is 1. The first-order chi connectivity index (χ1) is 9.09. The summed E-state index contributed by atoms with van der Waals surface area (Å²) in [6.45, 7) is 9.11. The summed E-state index contributed by atoms with van der Waals surface area (Å²) in [5.74, 6) is 1.72. The maximum absolute atomic E-state index is 5.49. The van der Waals surface area contributed by atoms with E-state index in [1.54, 1.807) is 0 Å². The topological polar surface area (TPSA) is 33.7 Å². The van der Waals surface area contributed by atoms with Crippen molar-refractivity contribution in [2.24, 2.45) is 0 Å². The molecule has 1 N–H and O–H groups in total. The molecule has 2 heterocycles. The molecule has 1 saturated heterocycles. The Morgan fingerprint density at radius 3 is 2.89 bits per heavy atom. The van der Waals surface area contributed by atoms with E-state index in [9.17, 15) is 0 Å². The van der Waals surface area contributed by atoms with Crippen molar-refractivity contribution >= 4 is 5.69 Å². The fraction of sp³-hybridized carbons (Fsp3) is 0.600. The van der Waals surface area contributed by atoms with Crippen LogP contribution in [-0.4, -0.2) is 31.5 Å². The molecular formula is C15H22N2O2. The molecule has 0 aliphatic carbocycles. The van der Waals surface area contributed by atoms with Crippen LogP contribution in [-0.2, 0) is 0 Å². The summed E-state index contributed by atoms with van der Waals surface area (Å²) in [7, 11) is 0. The fourth-order valence-corrected chi connectivity index (χ4v) is 2.85. The van der Waals surface area contributed by atoms with Crippen LogP contribution in [0, 0.1) is 0 Å². The van der Waals surface area contributed by atoms with Crippen LogP contribution in [0.1, 0.15) is 27.2 Å². The summed E-state index contributed by atoms with van der Waals surface area (Å²) in [5.41, 5.74) is 1.37. The van der Waals surface area contributed by atoms with Gasteiger partial charge in [-0.3, -0.25) is 0 Å². The second-order valence-electron chi connectivity index (χ2n) is 5.99. The number of rotatable bonds is 2. The van der Waals surface area contributed by atoms with Crippen LogP contribution >= 0.6 is 0 Å². The molecule has 0 saturated carbocycles. The zero-order chi connectivity index (χ0) is 13.5. The van der Waals surface area contributed by atoms with Gasteiger partial charge in [0, 0.05) is 36.4 Å². The third kappa shape index (κ3) is 2.37. The third-order valence-electron chi connectivity index (χ3n) is 3.98. The molecule has 2 aliphatic heterocycles. The van der Waals surface area contributed by atoms with E-state index in [-0.39, 0.29) is 5.54 Å². The van der Waals surface area contributed by atoms with Crippen LogP contribution in [0.4, 0.5) is 5.69 Å². The smallest absolute Gasteiger partial charge is 0.231 e. The minimum absolute atomic E-state index is 0.141. The zero-order valence-corrected chi connectivity index (χ0v) is 11.9. The number of benzene rings is 1. The molecule has 0 aromatic heterocycles. The van der Waals surface area contributed by atoms with Gasteiger partial charge in [-0.2, -0.15) is 0 Å². The molecule has 4 heteroatoms. The van der Waals surface area contributed by atoms with E-state index in [4.69, 9.17) is 9.47 Å². The van der Waals surface area contributed by atoms with Gasteiger partial charge in [0.2, 0.25) is 6.79 Å². The van der Waals surface area contributed by atoms with E-state index in [0.29, 0.717) is 12.8 Å². The van der Waals surface area contributed by atoms with E-state index in [1.165, 1.54) is 5.69 Å². The molecule has 4 nitrogen and oxygen atoms in total. The summed E-state index contributed by atoms with van der Waals surface area (Å²) in [6, 6.07) is 6.79. The van der Waals surface area contributed by atoms with Crippen molar-refractivity contribution in [2.75, 3.05) is 24.8 Å². The molecule has 3 rings (SSSR count). The Balaban J connectivity index is 1.89. The Bertz CT molecular complexity index is 473. The lowest BCUT2D eigenvalue weighted by atomic mass is 9.97. The van der Waals surface area contributed by atoms with Crippen molar-refractivity contribution in [3.8, 4) is 11.5 Å². The molecule has 0 spiro atoms. The highest BCUT2D eigenvalue weighted by atomic mass is 16.7. The Kier molecular flexibility index (Phi) is 3.05. The lowest BCUT2D eigenvalue weighted by molar-refractivity contribution is 0.174. The van der Waals surface area contributed by atoms with Crippen LogP contribution in [0.25, 0.3) is 0 Å². The van der Waals surface area contributed by atoms with E-state index in [1.807, 2.05) is 6.07 Å². The number of ether oxygens (including phenoxy) is 2. The first-order valence-corrected chi connectivity index (χ1v) is 7.00. The Labute approximate surface area is 114 Å². The second-order valence-corrected chi connectivity index (χ2v) is 5.99. The number of nitrogens with one attached hydrogen (secondary N) is 1. The molecular weight excluding hydrogens is 240 g/mol. The SMILES string of the molecule is CCC1CNC(C)(C)CN1c1ccc2c(c1)OCO2. The van der Waals surface area contributed by atoms with Gasteiger partial charge in [-0.25, -0.2) is 0 Å². The van der Waals surface area contributed by atoms with Gasteiger partial charge in [-0.05, 0) is 32.4 Å². The lowest BCUT2D eigenvalue weighted by Gasteiger charge is -2.45. The van der Waals surface area contributed by atoms with Crippen LogP contribution in [0.5, 0.6) is 11.5 Å². The molecule has 0 radical (unpaired) electrons. The summed E-state index contributed by atoms with van der Waals surface area (Å²) in [6.07, 6.45) is 1.14. The predicted molar refractivity (Wildman–Crippen MR) is 76.1 cm³/mol. The normalized spacial score (nSPS) is 24.6. The molecule has 1 unspecified atom stereocenters. The molecule has 1 aromatic rings.